The molecule has 1 saturated heterocycles. The molecule has 3 rings (SSSR count). The molecule has 2 heterocycles. The topological polar surface area (TPSA) is 57.7 Å². The van der Waals surface area contributed by atoms with Crippen LogP contribution in [0.1, 0.15) is 19.3 Å². The molecule has 5 nitrogen and oxygen atoms in total. The summed E-state index contributed by atoms with van der Waals surface area (Å²) in [7, 11) is -1.07. The molecule has 0 spiro atoms. The average molecular weight is 340 g/mol. The number of anilines is 2. The number of carbonyl (C=O) groups is 1. The summed E-state index contributed by atoms with van der Waals surface area (Å²) < 4.78 is 36.8. The molecule has 1 aromatic rings. The molecule has 23 heavy (non-hydrogen) atoms. The van der Waals surface area contributed by atoms with Crippen LogP contribution in [0.5, 0.6) is 0 Å². The van der Waals surface area contributed by atoms with Gasteiger partial charge in [0.2, 0.25) is 5.91 Å². The SMILES string of the molecule is CN1CCCN(C(=O)C[C@H]2CCS(=O)(=O)C2)c2cc(F)ccc21. The summed E-state index contributed by atoms with van der Waals surface area (Å²) in [6.07, 6.45) is 1.54. The van der Waals surface area contributed by atoms with Crippen LogP contribution >= 0.6 is 0 Å². The lowest BCUT2D eigenvalue weighted by Gasteiger charge is -2.25. The van der Waals surface area contributed by atoms with Crippen molar-refractivity contribution in [2.75, 3.05) is 41.4 Å². The van der Waals surface area contributed by atoms with Gasteiger partial charge in [-0.25, -0.2) is 12.8 Å². The Morgan fingerprint density at radius 1 is 1.30 bits per heavy atom. The Bertz CT molecular complexity index is 720. The second-order valence-electron chi connectivity index (χ2n) is 6.43. The number of carbonyl (C=O) groups excluding carboxylic acids is 1. The number of fused-ring (bicyclic) bond motifs is 1. The van der Waals surface area contributed by atoms with Gasteiger partial charge < -0.3 is 9.80 Å². The number of hydrogen-bond donors (Lipinski definition) is 0. The molecule has 1 amide bonds. The predicted molar refractivity (Wildman–Crippen MR) is 88.0 cm³/mol. The van der Waals surface area contributed by atoms with Gasteiger partial charge in [0, 0.05) is 26.6 Å². The lowest BCUT2D eigenvalue weighted by Crippen LogP contribution is -2.33. The van der Waals surface area contributed by atoms with Gasteiger partial charge in [-0.1, -0.05) is 0 Å². The van der Waals surface area contributed by atoms with Gasteiger partial charge >= 0.3 is 0 Å². The van der Waals surface area contributed by atoms with Crippen LogP contribution < -0.4 is 9.80 Å². The Kier molecular flexibility index (Phi) is 4.31. The van der Waals surface area contributed by atoms with Gasteiger partial charge in [-0.05, 0) is 37.0 Å². The first-order valence-corrected chi connectivity index (χ1v) is 9.69. The molecule has 2 aliphatic rings. The molecule has 1 atom stereocenters. The summed E-state index contributed by atoms with van der Waals surface area (Å²) in [5, 5.41) is 0. The number of amides is 1. The minimum atomic E-state index is -2.99. The van der Waals surface area contributed by atoms with E-state index in [0.29, 0.717) is 18.7 Å². The number of rotatable bonds is 2. The third kappa shape index (κ3) is 3.49. The summed E-state index contributed by atoms with van der Waals surface area (Å²) in [6.45, 7) is 1.32. The quantitative estimate of drug-likeness (QED) is 0.824. The molecule has 0 radical (unpaired) electrons. The zero-order chi connectivity index (χ0) is 16.6. The van der Waals surface area contributed by atoms with E-state index in [-0.39, 0.29) is 35.6 Å². The Balaban J connectivity index is 1.83. The molecule has 126 valence electrons. The first kappa shape index (κ1) is 16.2. The smallest absolute Gasteiger partial charge is 0.227 e. The van der Waals surface area contributed by atoms with E-state index < -0.39 is 9.84 Å². The molecule has 0 aromatic heterocycles. The molecular weight excluding hydrogens is 319 g/mol. The first-order valence-electron chi connectivity index (χ1n) is 7.87. The maximum absolute atomic E-state index is 13.7. The van der Waals surface area contributed by atoms with Gasteiger partial charge in [0.25, 0.3) is 0 Å². The highest BCUT2D eigenvalue weighted by Crippen LogP contribution is 2.33. The van der Waals surface area contributed by atoms with Gasteiger partial charge in [0.05, 0.1) is 22.9 Å². The molecule has 0 N–H and O–H groups in total. The summed E-state index contributed by atoms with van der Waals surface area (Å²) in [4.78, 5) is 16.3. The van der Waals surface area contributed by atoms with Crippen LogP contribution in [-0.2, 0) is 14.6 Å². The van der Waals surface area contributed by atoms with E-state index in [1.165, 1.54) is 12.1 Å². The lowest BCUT2D eigenvalue weighted by atomic mass is 10.0. The Labute approximate surface area is 136 Å². The summed E-state index contributed by atoms with van der Waals surface area (Å²) in [5.41, 5.74) is 1.41. The van der Waals surface area contributed by atoms with Crippen molar-refractivity contribution in [2.24, 2.45) is 5.92 Å². The second kappa shape index (κ2) is 6.11. The summed E-state index contributed by atoms with van der Waals surface area (Å²) >= 11 is 0. The van der Waals surface area contributed by atoms with Gasteiger partial charge in [-0.3, -0.25) is 4.79 Å². The Morgan fingerprint density at radius 2 is 2.09 bits per heavy atom. The molecular formula is C16H21FN2O3S. The van der Waals surface area contributed by atoms with Crippen LogP contribution in [0.3, 0.4) is 0 Å². The normalized spacial score (nSPS) is 23.5. The standard InChI is InChI=1S/C16H21FN2O3S/c1-18-6-2-7-19(15-10-13(17)3-4-14(15)18)16(20)9-12-5-8-23(21,22)11-12/h3-4,10,12H,2,5-9,11H2,1H3/t12-/m1/s1. The fourth-order valence-electron chi connectivity index (χ4n) is 3.39. The fourth-order valence-corrected chi connectivity index (χ4v) is 5.25. The number of hydrogen-bond acceptors (Lipinski definition) is 4. The highest BCUT2D eigenvalue weighted by atomic mass is 32.2. The lowest BCUT2D eigenvalue weighted by molar-refractivity contribution is -0.119. The van der Waals surface area contributed by atoms with E-state index in [1.807, 2.05) is 11.9 Å². The van der Waals surface area contributed by atoms with Gasteiger partial charge in [-0.15, -0.1) is 0 Å². The van der Waals surface area contributed by atoms with E-state index in [9.17, 15) is 17.6 Å². The van der Waals surface area contributed by atoms with Crippen molar-refractivity contribution in [2.45, 2.75) is 19.3 Å². The highest BCUT2D eigenvalue weighted by Gasteiger charge is 2.32. The van der Waals surface area contributed by atoms with E-state index in [1.54, 1.807) is 11.0 Å². The van der Waals surface area contributed by atoms with Crippen molar-refractivity contribution in [3.63, 3.8) is 0 Å². The highest BCUT2D eigenvalue weighted by molar-refractivity contribution is 7.91. The van der Waals surface area contributed by atoms with E-state index in [2.05, 4.69) is 0 Å². The van der Waals surface area contributed by atoms with Crippen LogP contribution in [0, 0.1) is 11.7 Å². The van der Waals surface area contributed by atoms with E-state index in [0.717, 1.165) is 18.7 Å². The van der Waals surface area contributed by atoms with Gasteiger partial charge in [-0.2, -0.15) is 0 Å². The fraction of sp³-hybridized carbons (Fsp3) is 0.562. The molecule has 2 aliphatic heterocycles. The largest absolute Gasteiger partial charge is 0.373 e. The van der Waals surface area contributed by atoms with Crippen LogP contribution in [0.2, 0.25) is 0 Å². The molecule has 0 saturated carbocycles. The van der Waals surface area contributed by atoms with Crippen LogP contribution in [0.25, 0.3) is 0 Å². The molecule has 0 bridgehead atoms. The number of nitrogens with zero attached hydrogens (tertiary/aromatic N) is 2. The average Bonchev–Trinajstić information content (AvgIpc) is 2.72. The Hall–Kier alpha value is -1.63. The first-order chi connectivity index (χ1) is 10.9. The minimum Gasteiger partial charge on any atom is -0.373 e. The van der Waals surface area contributed by atoms with Crippen LogP contribution in [-0.4, -0.2) is 46.0 Å². The third-order valence-corrected chi connectivity index (χ3v) is 6.44. The zero-order valence-corrected chi connectivity index (χ0v) is 14.0. The number of benzene rings is 1. The van der Waals surface area contributed by atoms with E-state index in [4.69, 9.17) is 0 Å². The minimum absolute atomic E-state index is 0.0858. The summed E-state index contributed by atoms with van der Waals surface area (Å²) in [5.74, 6) is -0.360. The van der Waals surface area contributed by atoms with E-state index >= 15 is 0 Å². The molecule has 1 fully saturated rings. The Morgan fingerprint density at radius 3 is 2.78 bits per heavy atom. The van der Waals surface area contributed by atoms with Gasteiger partial charge in [0.1, 0.15) is 5.82 Å². The predicted octanol–water partition coefficient (Wildman–Crippen LogP) is 1.82. The van der Waals surface area contributed by atoms with Crippen molar-refractivity contribution < 1.29 is 17.6 Å². The summed E-state index contributed by atoms with van der Waals surface area (Å²) in [6, 6.07) is 4.48. The molecule has 0 unspecified atom stereocenters. The number of halogens is 1. The molecule has 1 aromatic carbocycles. The van der Waals surface area contributed by atoms with Crippen molar-refractivity contribution in [3.8, 4) is 0 Å². The maximum atomic E-state index is 13.7. The third-order valence-electron chi connectivity index (χ3n) is 4.61. The second-order valence-corrected chi connectivity index (χ2v) is 8.66. The molecule has 0 aliphatic carbocycles. The number of sulfone groups is 1. The maximum Gasteiger partial charge on any atom is 0.227 e. The zero-order valence-electron chi connectivity index (χ0n) is 13.2. The monoisotopic (exact) mass is 340 g/mol. The van der Waals surface area contributed by atoms with Crippen molar-refractivity contribution in [1.82, 2.24) is 0 Å². The van der Waals surface area contributed by atoms with Crippen molar-refractivity contribution >= 4 is 27.1 Å². The van der Waals surface area contributed by atoms with Crippen LogP contribution in [0.15, 0.2) is 18.2 Å². The van der Waals surface area contributed by atoms with Crippen molar-refractivity contribution in [1.29, 1.82) is 0 Å². The van der Waals surface area contributed by atoms with Crippen molar-refractivity contribution in [3.05, 3.63) is 24.0 Å². The van der Waals surface area contributed by atoms with Gasteiger partial charge in [0.15, 0.2) is 9.84 Å². The molecule has 7 heteroatoms. The van der Waals surface area contributed by atoms with Crippen LogP contribution in [0.4, 0.5) is 15.8 Å².